The summed E-state index contributed by atoms with van der Waals surface area (Å²) in [5.41, 5.74) is 0. The van der Waals surface area contributed by atoms with Crippen molar-refractivity contribution < 1.29 is 9.53 Å². The monoisotopic (exact) mass is 181 g/mol. The Balaban J connectivity index is 2.23. The van der Waals surface area contributed by atoms with Crippen molar-refractivity contribution >= 4 is 5.97 Å². The zero-order valence-corrected chi connectivity index (χ0v) is 7.95. The molecule has 0 radical (unpaired) electrons. The summed E-state index contributed by atoms with van der Waals surface area (Å²) >= 11 is 0. The van der Waals surface area contributed by atoms with Crippen LogP contribution >= 0.6 is 0 Å². The van der Waals surface area contributed by atoms with E-state index < -0.39 is 0 Å². The first-order chi connectivity index (χ1) is 6.22. The van der Waals surface area contributed by atoms with Gasteiger partial charge in [-0.25, -0.2) is 0 Å². The second-order valence-corrected chi connectivity index (χ2v) is 3.61. The fraction of sp³-hybridized carbons (Fsp3) is 0.800. The number of ether oxygens (including phenoxy) is 1. The maximum atomic E-state index is 10.6. The lowest BCUT2D eigenvalue weighted by molar-refractivity contribution is -0.148. The Morgan fingerprint density at radius 1 is 1.46 bits per heavy atom. The minimum absolute atomic E-state index is 0.104. The van der Waals surface area contributed by atoms with Crippen molar-refractivity contribution in [2.45, 2.75) is 45.1 Å². The summed E-state index contributed by atoms with van der Waals surface area (Å²) in [6.07, 6.45) is 4.63. The van der Waals surface area contributed by atoms with Crippen molar-refractivity contribution in [1.82, 2.24) is 0 Å². The predicted octanol–water partition coefficient (Wildman–Crippen LogP) is 2.02. The van der Waals surface area contributed by atoms with E-state index in [1.165, 1.54) is 6.92 Å². The highest BCUT2D eigenvalue weighted by molar-refractivity contribution is 5.66. The maximum Gasteiger partial charge on any atom is 0.302 e. The van der Waals surface area contributed by atoms with Gasteiger partial charge in [-0.3, -0.25) is 4.79 Å². The molecule has 0 unspecified atom stereocenters. The summed E-state index contributed by atoms with van der Waals surface area (Å²) in [5.74, 6) is 0.334. The highest BCUT2D eigenvalue weighted by Gasteiger charge is 2.22. The molecule has 0 aromatic carbocycles. The van der Waals surface area contributed by atoms with Crippen LogP contribution in [0.3, 0.4) is 0 Å². The highest BCUT2D eigenvalue weighted by atomic mass is 16.5. The molecule has 3 nitrogen and oxygen atoms in total. The fourth-order valence-corrected chi connectivity index (χ4v) is 1.82. The third-order valence-corrected chi connectivity index (χ3v) is 2.51. The molecule has 0 amide bonds. The Morgan fingerprint density at radius 3 is 2.54 bits per heavy atom. The minimum atomic E-state index is -0.191. The van der Waals surface area contributed by atoms with Gasteiger partial charge in [0.1, 0.15) is 6.10 Å². The first kappa shape index (κ1) is 10.0. The third kappa shape index (κ3) is 3.45. The molecule has 0 saturated heterocycles. The van der Waals surface area contributed by atoms with E-state index >= 15 is 0 Å². The normalized spacial score (nSPS) is 27.7. The van der Waals surface area contributed by atoms with Crippen molar-refractivity contribution in [3.05, 3.63) is 0 Å². The van der Waals surface area contributed by atoms with E-state index in [9.17, 15) is 4.79 Å². The lowest BCUT2D eigenvalue weighted by atomic mass is 9.86. The summed E-state index contributed by atoms with van der Waals surface area (Å²) in [7, 11) is 0. The van der Waals surface area contributed by atoms with E-state index in [0.717, 1.165) is 25.7 Å². The van der Waals surface area contributed by atoms with Crippen LogP contribution in [0.5, 0.6) is 0 Å². The van der Waals surface area contributed by atoms with Crippen molar-refractivity contribution in [2.24, 2.45) is 5.92 Å². The molecule has 1 rings (SSSR count). The van der Waals surface area contributed by atoms with Crippen molar-refractivity contribution in [3.63, 3.8) is 0 Å². The van der Waals surface area contributed by atoms with Crippen LogP contribution in [0, 0.1) is 17.2 Å². The van der Waals surface area contributed by atoms with Gasteiger partial charge in [-0.1, -0.05) is 0 Å². The zero-order valence-electron chi connectivity index (χ0n) is 7.95. The van der Waals surface area contributed by atoms with E-state index in [2.05, 4.69) is 6.07 Å². The molecule has 0 N–H and O–H groups in total. The van der Waals surface area contributed by atoms with Crippen LogP contribution in [-0.4, -0.2) is 12.1 Å². The Hall–Kier alpha value is -1.04. The van der Waals surface area contributed by atoms with Crippen LogP contribution in [-0.2, 0) is 9.53 Å². The Labute approximate surface area is 78.7 Å². The standard InChI is InChI=1S/C10H15NO2/c1-8(12)13-10-4-2-9(3-5-10)6-7-11/h9-10H,2-6H2,1H3. The van der Waals surface area contributed by atoms with Gasteiger partial charge in [0.2, 0.25) is 0 Å². The summed E-state index contributed by atoms with van der Waals surface area (Å²) in [6.45, 7) is 1.45. The van der Waals surface area contributed by atoms with Gasteiger partial charge in [0, 0.05) is 13.3 Å². The molecule has 0 spiro atoms. The Kier molecular flexibility index (Phi) is 3.75. The highest BCUT2D eigenvalue weighted by Crippen LogP contribution is 2.28. The van der Waals surface area contributed by atoms with Crippen LogP contribution in [0.25, 0.3) is 0 Å². The molecule has 0 heterocycles. The second-order valence-electron chi connectivity index (χ2n) is 3.61. The Morgan fingerprint density at radius 2 is 2.08 bits per heavy atom. The molecule has 0 aromatic heterocycles. The molecule has 0 bridgehead atoms. The van der Waals surface area contributed by atoms with Gasteiger partial charge in [-0.2, -0.15) is 5.26 Å². The Bertz CT molecular complexity index is 211. The second kappa shape index (κ2) is 4.86. The number of nitriles is 1. The van der Waals surface area contributed by atoms with E-state index in [4.69, 9.17) is 10.00 Å². The molecule has 72 valence electrons. The number of hydrogen-bond donors (Lipinski definition) is 0. The zero-order chi connectivity index (χ0) is 9.68. The van der Waals surface area contributed by atoms with Gasteiger partial charge in [0.25, 0.3) is 0 Å². The van der Waals surface area contributed by atoms with Crippen molar-refractivity contribution in [3.8, 4) is 6.07 Å². The summed E-state index contributed by atoms with van der Waals surface area (Å²) in [6, 6.07) is 2.19. The molecule has 1 aliphatic carbocycles. The summed E-state index contributed by atoms with van der Waals surface area (Å²) < 4.78 is 5.10. The molecular formula is C10H15NO2. The molecule has 3 heteroatoms. The summed E-state index contributed by atoms with van der Waals surface area (Å²) in [4.78, 5) is 10.6. The van der Waals surface area contributed by atoms with E-state index in [0.29, 0.717) is 12.3 Å². The molecular weight excluding hydrogens is 166 g/mol. The van der Waals surface area contributed by atoms with Crippen LogP contribution in [0.15, 0.2) is 0 Å². The van der Waals surface area contributed by atoms with Crippen LogP contribution in [0.1, 0.15) is 39.0 Å². The molecule has 0 aromatic rings. The van der Waals surface area contributed by atoms with Crippen LogP contribution in [0.4, 0.5) is 0 Å². The number of carbonyl (C=O) groups excluding carboxylic acids is 1. The third-order valence-electron chi connectivity index (χ3n) is 2.51. The minimum Gasteiger partial charge on any atom is -0.463 e. The fourth-order valence-electron chi connectivity index (χ4n) is 1.82. The number of esters is 1. The van der Waals surface area contributed by atoms with Gasteiger partial charge in [0.15, 0.2) is 0 Å². The largest absolute Gasteiger partial charge is 0.463 e. The first-order valence-corrected chi connectivity index (χ1v) is 4.76. The average molecular weight is 181 g/mol. The predicted molar refractivity (Wildman–Crippen MR) is 47.7 cm³/mol. The quantitative estimate of drug-likeness (QED) is 0.612. The van der Waals surface area contributed by atoms with Gasteiger partial charge >= 0.3 is 5.97 Å². The van der Waals surface area contributed by atoms with Gasteiger partial charge in [-0.15, -0.1) is 0 Å². The number of hydrogen-bond acceptors (Lipinski definition) is 3. The first-order valence-electron chi connectivity index (χ1n) is 4.76. The SMILES string of the molecule is CC(=O)OC1CCC(CC#N)CC1. The van der Waals surface area contributed by atoms with Gasteiger partial charge in [0.05, 0.1) is 6.07 Å². The van der Waals surface area contributed by atoms with E-state index in [1.807, 2.05) is 0 Å². The van der Waals surface area contributed by atoms with Gasteiger partial charge < -0.3 is 4.74 Å². The topological polar surface area (TPSA) is 50.1 Å². The smallest absolute Gasteiger partial charge is 0.302 e. The molecule has 0 aliphatic heterocycles. The molecule has 0 atom stereocenters. The maximum absolute atomic E-state index is 10.6. The number of rotatable bonds is 2. The molecule has 1 fully saturated rings. The molecule has 13 heavy (non-hydrogen) atoms. The number of carbonyl (C=O) groups is 1. The van der Waals surface area contributed by atoms with Crippen molar-refractivity contribution in [2.75, 3.05) is 0 Å². The lowest BCUT2D eigenvalue weighted by Crippen LogP contribution is -2.23. The molecule has 1 saturated carbocycles. The average Bonchev–Trinajstić information content (AvgIpc) is 2.08. The van der Waals surface area contributed by atoms with Crippen LogP contribution in [0.2, 0.25) is 0 Å². The van der Waals surface area contributed by atoms with Crippen LogP contribution < -0.4 is 0 Å². The van der Waals surface area contributed by atoms with Crippen molar-refractivity contribution in [1.29, 1.82) is 5.26 Å². The van der Waals surface area contributed by atoms with E-state index in [1.54, 1.807) is 0 Å². The molecule has 1 aliphatic rings. The lowest BCUT2D eigenvalue weighted by Gasteiger charge is -2.26. The van der Waals surface area contributed by atoms with E-state index in [-0.39, 0.29) is 12.1 Å². The number of nitrogens with zero attached hydrogens (tertiary/aromatic N) is 1. The summed E-state index contributed by atoms with van der Waals surface area (Å²) in [5, 5.41) is 8.49. The van der Waals surface area contributed by atoms with Gasteiger partial charge in [-0.05, 0) is 31.6 Å².